The van der Waals surface area contributed by atoms with Gasteiger partial charge >= 0.3 is 0 Å². The van der Waals surface area contributed by atoms with Crippen molar-refractivity contribution < 1.29 is 13.2 Å². The molecule has 1 aromatic carbocycles. The average Bonchev–Trinajstić information content (AvgIpc) is 2.33. The highest BCUT2D eigenvalue weighted by atomic mass is 79.9. The van der Waals surface area contributed by atoms with Crippen molar-refractivity contribution in [2.24, 2.45) is 0 Å². The minimum absolute atomic E-state index is 0.201. The lowest BCUT2D eigenvalue weighted by molar-refractivity contribution is -0.126. The van der Waals surface area contributed by atoms with E-state index in [0.717, 1.165) is 4.47 Å². The number of nitrogens with zero attached hydrogens (tertiary/aromatic N) is 1. The molecular weight excluding hydrogens is 320 g/mol. The van der Waals surface area contributed by atoms with Crippen molar-refractivity contribution in [1.29, 1.82) is 0 Å². The second-order valence-corrected chi connectivity index (χ2v) is 6.84. The minimum Gasteiger partial charge on any atom is -0.353 e. The molecule has 1 aromatic rings. The first-order valence-electron chi connectivity index (χ1n) is 5.48. The number of nitrogens with one attached hydrogen (secondary N) is 1. The van der Waals surface area contributed by atoms with Crippen molar-refractivity contribution >= 4 is 31.9 Å². The molecule has 0 aromatic heterocycles. The maximum absolute atomic E-state index is 12.4. The van der Waals surface area contributed by atoms with E-state index in [2.05, 4.69) is 21.2 Å². The third-order valence-corrected chi connectivity index (χ3v) is 5.38. The van der Waals surface area contributed by atoms with Gasteiger partial charge in [-0.15, -0.1) is 0 Å². The van der Waals surface area contributed by atoms with Crippen LogP contribution in [0.1, 0.15) is 6.92 Å². The summed E-state index contributed by atoms with van der Waals surface area (Å²) in [5, 5.41) is 2.64. The number of hydrogen-bond donors (Lipinski definition) is 1. The van der Waals surface area contributed by atoms with Gasteiger partial charge in [0.15, 0.2) is 0 Å². The summed E-state index contributed by atoms with van der Waals surface area (Å²) >= 11 is 3.26. The molecular formula is C11H13BrN2O3S. The summed E-state index contributed by atoms with van der Waals surface area (Å²) in [6.45, 7) is 2.23. The summed E-state index contributed by atoms with van der Waals surface area (Å²) in [7, 11) is -3.61. The van der Waals surface area contributed by atoms with Crippen molar-refractivity contribution in [2.75, 3.05) is 13.1 Å². The largest absolute Gasteiger partial charge is 0.353 e. The number of hydrogen-bond acceptors (Lipinski definition) is 3. The predicted octanol–water partition coefficient (Wildman–Crippen LogP) is 0.958. The van der Waals surface area contributed by atoms with Crippen molar-refractivity contribution in [3.63, 3.8) is 0 Å². The first kappa shape index (κ1) is 13.5. The fraction of sp³-hybridized carbons (Fsp3) is 0.364. The Morgan fingerprint density at radius 2 is 1.94 bits per heavy atom. The molecule has 1 N–H and O–H groups in total. The van der Waals surface area contributed by atoms with Gasteiger partial charge in [-0.25, -0.2) is 8.42 Å². The molecule has 1 atom stereocenters. The summed E-state index contributed by atoms with van der Waals surface area (Å²) < 4.78 is 26.8. The number of carbonyl (C=O) groups excluding carboxylic acids is 1. The first-order chi connectivity index (χ1) is 8.43. The van der Waals surface area contributed by atoms with Crippen LogP contribution >= 0.6 is 15.9 Å². The Balaban J connectivity index is 2.36. The highest BCUT2D eigenvalue weighted by Gasteiger charge is 2.35. The van der Waals surface area contributed by atoms with Crippen LogP contribution in [0.5, 0.6) is 0 Å². The lowest BCUT2D eigenvalue weighted by Gasteiger charge is -2.31. The third kappa shape index (κ3) is 2.43. The standard InChI is InChI=1S/C11H13BrN2O3S/c1-8-11(15)13-6-7-14(8)18(16,17)10-4-2-9(12)3-5-10/h2-5,8H,6-7H2,1H3,(H,13,15)/t8-/m0/s1. The minimum atomic E-state index is -3.61. The van der Waals surface area contributed by atoms with Gasteiger partial charge in [0.25, 0.3) is 0 Å². The van der Waals surface area contributed by atoms with E-state index in [-0.39, 0.29) is 10.8 Å². The molecule has 1 fully saturated rings. The smallest absolute Gasteiger partial charge is 0.243 e. The molecule has 1 aliphatic heterocycles. The van der Waals surface area contributed by atoms with Gasteiger partial charge in [0.2, 0.25) is 15.9 Å². The SMILES string of the molecule is C[C@H]1C(=O)NCCN1S(=O)(=O)c1ccc(Br)cc1. The van der Waals surface area contributed by atoms with Gasteiger partial charge in [-0.05, 0) is 31.2 Å². The molecule has 98 valence electrons. The lowest BCUT2D eigenvalue weighted by Crippen LogP contribution is -2.55. The molecule has 7 heteroatoms. The number of benzene rings is 1. The zero-order chi connectivity index (χ0) is 13.3. The Bertz CT molecular complexity index is 556. The summed E-state index contributed by atoms with van der Waals surface area (Å²) in [5.74, 6) is -0.262. The van der Waals surface area contributed by atoms with Crippen LogP contribution in [0.15, 0.2) is 33.6 Å². The summed E-state index contributed by atoms with van der Waals surface area (Å²) in [4.78, 5) is 11.7. The van der Waals surface area contributed by atoms with Gasteiger partial charge in [0.05, 0.1) is 4.90 Å². The van der Waals surface area contributed by atoms with E-state index in [1.165, 1.54) is 16.4 Å². The highest BCUT2D eigenvalue weighted by Crippen LogP contribution is 2.21. The zero-order valence-corrected chi connectivity index (χ0v) is 12.2. The fourth-order valence-electron chi connectivity index (χ4n) is 1.83. The first-order valence-corrected chi connectivity index (χ1v) is 7.71. The Morgan fingerprint density at radius 3 is 2.56 bits per heavy atom. The quantitative estimate of drug-likeness (QED) is 0.877. The molecule has 2 rings (SSSR count). The van der Waals surface area contributed by atoms with Crippen molar-refractivity contribution in [2.45, 2.75) is 17.9 Å². The zero-order valence-electron chi connectivity index (χ0n) is 9.76. The van der Waals surface area contributed by atoms with Crippen LogP contribution in [0.3, 0.4) is 0 Å². The number of carbonyl (C=O) groups is 1. The molecule has 0 aliphatic carbocycles. The van der Waals surface area contributed by atoms with Crippen molar-refractivity contribution in [1.82, 2.24) is 9.62 Å². The molecule has 0 saturated carbocycles. The van der Waals surface area contributed by atoms with Gasteiger partial charge in [-0.1, -0.05) is 15.9 Å². The Kier molecular flexibility index (Phi) is 3.74. The molecule has 0 spiro atoms. The summed E-state index contributed by atoms with van der Waals surface area (Å²) in [6.07, 6.45) is 0. The number of halogens is 1. The van der Waals surface area contributed by atoms with Gasteiger partial charge < -0.3 is 5.32 Å². The van der Waals surface area contributed by atoms with E-state index in [9.17, 15) is 13.2 Å². The van der Waals surface area contributed by atoms with E-state index in [1.54, 1.807) is 19.1 Å². The lowest BCUT2D eigenvalue weighted by atomic mass is 10.2. The number of rotatable bonds is 2. The van der Waals surface area contributed by atoms with Gasteiger partial charge in [-0.3, -0.25) is 4.79 Å². The molecule has 0 radical (unpaired) electrons. The third-order valence-electron chi connectivity index (χ3n) is 2.86. The van der Waals surface area contributed by atoms with Crippen LogP contribution in [0.25, 0.3) is 0 Å². The molecule has 0 bridgehead atoms. The van der Waals surface area contributed by atoms with E-state index in [0.29, 0.717) is 13.1 Å². The molecule has 1 amide bonds. The van der Waals surface area contributed by atoms with Crippen LogP contribution in [-0.4, -0.2) is 37.8 Å². The van der Waals surface area contributed by atoms with Crippen LogP contribution in [0, 0.1) is 0 Å². The van der Waals surface area contributed by atoms with Crippen LogP contribution in [-0.2, 0) is 14.8 Å². The number of sulfonamides is 1. The summed E-state index contributed by atoms with van der Waals surface area (Å²) in [6, 6.07) is 5.72. The van der Waals surface area contributed by atoms with Crippen molar-refractivity contribution in [3.8, 4) is 0 Å². The fourth-order valence-corrected chi connectivity index (χ4v) is 3.69. The van der Waals surface area contributed by atoms with Crippen molar-refractivity contribution in [3.05, 3.63) is 28.7 Å². The monoisotopic (exact) mass is 332 g/mol. The maximum Gasteiger partial charge on any atom is 0.243 e. The number of piperazine rings is 1. The van der Waals surface area contributed by atoms with Crippen LogP contribution in [0.4, 0.5) is 0 Å². The maximum atomic E-state index is 12.4. The van der Waals surface area contributed by atoms with E-state index >= 15 is 0 Å². The molecule has 1 saturated heterocycles. The second-order valence-electron chi connectivity index (χ2n) is 4.04. The Morgan fingerprint density at radius 1 is 1.33 bits per heavy atom. The normalized spacial score (nSPS) is 21.7. The highest BCUT2D eigenvalue weighted by molar-refractivity contribution is 9.10. The van der Waals surface area contributed by atoms with E-state index < -0.39 is 16.1 Å². The second kappa shape index (κ2) is 4.99. The molecule has 18 heavy (non-hydrogen) atoms. The molecule has 5 nitrogen and oxygen atoms in total. The summed E-state index contributed by atoms with van der Waals surface area (Å²) in [5.41, 5.74) is 0. The van der Waals surface area contributed by atoms with Gasteiger partial charge in [0.1, 0.15) is 6.04 Å². The van der Waals surface area contributed by atoms with E-state index in [1.807, 2.05) is 0 Å². The Hall–Kier alpha value is -0.920. The van der Waals surface area contributed by atoms with E-state index in [4.69, 9.17) is 0 Å². The number of amides is 1. The Labute approximate surface area is 114 Å². The molecule has 1 heterocycles. The average molecular weight is 333 g/mol. The van der Waals surface area contributed by atoms with Crippen LogP contribution in [0.2, 0.25) is 0 Å². The molecule has 1 aliphatic rings. The predicted molar refractivity (Wildman–Crippen MR) is 70.5 cm³/mol. The topological polar surface area (TPSA) is 66.5 Å². The van der Waals surface area contributed by atoms with Crippen LogP contribution < -0.4 is 5.32 Å². The van der Waals surface area contributed by atoms with Gasteiger partial charge in [0, 0.05) is 17.6 Å². The van der Waals surface area contributed by atoms with Gasteiger partial charge in [-0.2, -0.15) is 4.31 Å². The molecule has 0 unspecified atom stereocenters.